The first-order valence-electron chi connectivity index (χ1n) is 14.0. The van der Waals surface area contributed by atoms with Crippen LogP contribution in [-0.4, -0.2) is 58.9 Å². The van der Waals surface area contributed by atoms with Crippen LogP contribution in [0.25, 0.3) is 0 Å². The van der Waals surface area contributed by atoms with Crippen molar-refractivity contribution in [2.45, 2.75) is 63.1 Å². The molecule has 2 aromatic carbocycles. The van der Waals surface area contributed by atoms with E-state index >= 15 is 0 Å². The summed E-state index contributed by atoms with van der Waals surface area (Å²) in [5.41, 5.74) is 1.76. The monoisotopic (exact) mass is 650 g/mol. The average molecular weight is 651 g/mol. The van der Waals surface area contributed by atoms with Gasteiger partial charge in [0.2, 0.25) is 12.2 Å². The predicted molar refractivity (Wildman–Crippen MR) is 175 cm³/mol. The van der Waals surface area contributed by atoms with E-state index in [1.54, 1.807) is 25.6 Å². The van der Waals surface area contributed by atoms with E-state index in [2.05, 4.69) is 10.6 Å². The van der Waals surface area contributed by atoms with Gasteiger partial charge >= 0.3 is 18.0 Å². The molecule has 3 unspecified atom stereocenters. The van der Waals surface area contributed by atoms with Gasteiger partial charge in [-0.05, 0) is 42.4 Å². The maximum Gasteiger partial charge on any atom is 0.410 e. The molecule has 2 rings (SSSR count). The van der Waals surface area contributed by atoms with Crippen molar-refractivity contribution in [2.75, 3.05) is 18.6 Å². The highest BCUT2D eigenvalue weighted by molar-refractivity contribution is 8.00. The number of rotatable bonds is 17. The molecule has 0 aliphatic heterocycles. The Morgan fingerprint density at radius 1 is 0.907 bits per heavy atom. The maximum absolute atomic E-state index is 13.4. The van der Waals surface area contributed by atoms with Crippen LogP contribution >= 0.6 is 37.0 Å². The molecule has 0 spiro atoms. The summed E-state index contributed by atoms with van der Waals surface area (Å²) in [5, 5.41) is 5.48. The average Bonchev–Trinajstić information content (AvgIpc) is 2.97. The van der Waals surface area contributed by atoms with Gasteiger partial charge < -0.3 is 24.8 Å². The molecule has 2 aromatic rings. The molecule has 12 heteroatoms. The van der Waals surface area contributed by atoms with Gasteiger partial charge in [0.15, 0.2) is 0 Å². The zero-order chi connectivity index (χ0) is 31.8. The molecular formula is C31H42N2O7S3. The number of carbonyl (C=O) groups is 4. The van der Waals surface area contributed by atoms with Crippen molar-refractivity contribution >= 4 is 61.0 Å². The summed E-state index contributed by atoms with van der Waals surface area (Å²) < 4.78 is 14.5. The Balaban J connectivity index is 2.10. The molecule has 2 N–H and O–H groups in total. The van der Waals surface area contributed by atoms with Gasteiger partial charge in [0.1, 0.15) is 13.2 Å². The largest absolute Gasteiger partial charge is 0.460 e. The fourth-order valence-corrected chi connectivity index (χ4v) is 5.36. The third kappa shape index (κ3) is 14.0. The van der Waals surface area contributed by atoms with Crippen LogP contribution < -0.4 is 10.6 Å². The zero-order valence-electron chi connectivity index (χ0n) is 25.0. The summed E-state index contributed by atoms with van der Waals surface area (Å²) in [6, 6.07) is 18.1. The highest BCUT2D eigenvalue weighted by atomic mass is 32.2. The third-order valence-corrected chi connectivity index (χ3v) is 8.01. The topological polar surface area (TPSA) is 120 Å². The third-order valence-electron chi connectivity index (χ3n) is 6.38. The second kappa shape index (κ2) is 18.7. The molecule has 0 aliphatic rings. The van der Waals surface area contributed by atoms with E-state index in [9.17, 15) is 19.2 Å². The molecule has 0 fully saturated rings. The minimum Gasteiger partial charge on any atom is -0.460 e. The van der Waals surface area contributed by atoms with Crippen molar-refractivity contribution in [3.63, 3.8) is 0 Å². The molecule has 0 radical (unpaired) electrons. The minimum atomic E-state index is -1.16. The number of thioether (sulfide) groups is 1. The van der Waals surface area contributed by atoms with E-state index < -0.39 is 40.4 Å². The fraction of sp³-hybridized carbons (Fsp3) is 0.484. The summed E-state index contributed by atoms with van der Waals surface area (Å²) in [4.78, 5) is 50.4. The summed E-state index contributed by atoms with van der Waals surface area (Å²) >= 11 is 11.2. The van der Waals surface area contributed by atoms with Crippen LogP contribution in [0, 0.1) is 11.8 Å². The molecule has 43 heavy (non-hydrogen) atoms. The Labute approximate surface area is 269 Å². The number of hydrogen-bond acceptors (Lipinski definition) is 10. The number of alkyl carbamates (subject to hydrolysis) is 1. The quantitative estimate of drug-likeness (QED) is 0.107. The van der Waals surface area contributed by atoms with Gasteiger partial charge in [0.05, 0.1) is 16.0 Å². The summed E-state index contributed by atoms with van der Waals surface area (Å²) in [6.45, 7) is 4.62. The first kappa shape index (κ1) is 36.4. The molecule has 0 aromatic heterocycles. The van der Waals surface area contributed by atoms with Crippen LogP contribution in [-0.2, 0) is 41.6 Å². The first-order chi connectivity index (χ1) is 20.4. The lowest BCUT2D eigenvalue weighted by molar-refractivity contribution is -0.168. The summed E-state index contributed by atoms with van der Waals surface area (Å²) in [6.07, 6.45) is 1.03. The molecule has 9 nitrogen and oxygen atoms in total. The number of carbonyl (C=O) groups excluding carboxylic acids is 4. The van der Waals surface area contributed by atoms with Gasteiger partial charge in [-0.2, -0.15) is 37.0 Å². The van der Waals surface area contributed by atoms with Crippen molar-refractivity contribution in [3.8, 4) is 0 Å². The van der Waals surface area contributed by atoms with Gasteiger partial charge in [-0.25, -0.2) is 4.79 Å². The lowest BCUT2D eigenvalue weighted by Crippen LogP contribution is -2.50. The standard InChI is InChI=1S/C31H42N2O7S3/c1-21(2)29(36)39-22(3)40-30(37)33-26(15-16-43-4)31(41,42)18-25(17-23-11-7-5-8-12-23)28(35)32-19-27(34)38-20-24-13-9-6-10-14-24/h5-14,21-22,25-26,41-42H,15-20H2,1-4H3,(H,32,35)(H,33,37). The SMILES string of the molecule is CSCCC(NC(=O)OC(C)OC(=O)C(C)C)C(S)(S)CC(Cc1ccccc1)C(=O)NCC(=O)OCc1ccccc1. The first-order valence-corrected chi connectivity index (χ1v) is 16.3. The number of amides is 2. The van der Waals surface area contributed by atoms with E-state index in [1.165, 1.54) is 6.92 Å². The van der Waals surface area contributed by atoms with Gasteiger partial charge in [-0.15, -0.1) is 0 Å². The molecule has 0 heterocycles. The second-order valence-electron chi connectivity index (χ2n) is 10.4. The van der Waals surface area contributed by atoms with Crippen molar-refractivity contribution in [1.29, 1.82) is 0 Å². The minimum absolute atomic E-state index is 0.105. The van der Waals surface area contributed by atoms with Crippen LogP contribution in [0.5, 0.6) is 0 Å². The van der Waals surface area contributed by atoms with Crippen LogP contribution in [0.4, 0.5) is 4.79 Å². The molecule has 0 bridgehead atoms. The van der Waals surface area contributed by atoms with Crippen LogP contribution in [0.3, 0.4) is 0 Å². The number of thiol groups is 2. The van der Waals surface area contributed by atoms with E-state index in [-0.39, 0.29) is 31.4 Å². The van der Waals surface area contributed by atoms with E-state index in [0.717, 1.165) is 11.1 Å². The zero-order valence-corrected chi connectivity index (χ0v) is 27.6. The number of ether oxygens (including phenoxy) is 3. The maximum atomic E-state index is 13.4. The lowest BCUT2D eigenvalue weighted by atomic mass is 9.90. The lowest BCUT2D eigenvalue weighted by Gasteiger charge is -2.35. The molecule has 0 aliphatic carbocycles. The van der Waals surface area contributed by atoms with Crippen molar-refractivity contribution < 1.29 is 33.4 Å². The number of benzene rings is 2. The molecule has 236 valence electrons. The molecule has 0 saturated carbocycles. The smallest absolute Gasteiger partial charge is 0.410 e. The van der Waals surface area contributed by atoms with E-state index in [4.69, 9.17) is 39.5 Å². The van der Waals surface area contributed by atoms with Crippen LogP contribution in [0.15, 0.2) is 60.7 Å². The normalized spacial score (nSPS) is 13.4. The van der Waals surface area contributed by atoms with E-state index in [0.29, 0.717) is 18.6 Å². The Morgan fingerprint density at radius 2 is 1.51 bits per heavy atom. The number of hydrogen-bond donors (Lipinski definition) is 4. The van der Waals surface area contributed by atoms with Gasteiger partial charge in [0.25, 0.3) is 0 Å². The predicted octanol–water partition coefficient (Wildman–Crippen LogP) is 5.04. The molecule has 0 saturated heterocycles. The van der Waals surface area contributed by atoms with Gasteiger partial charge in [0, 0.05) is 12.8 Å². The van der Waals surface area contributed by atoms with Gasteiger partial charge in [-0.1, -0.05) is 74.5 Å². The highest BCUT2D eigenvalue weighted by Crippen LogP contribution is 2.35. The van der Waals surface area contributed by atoms with Crippen molar-refractivity contribution in [3.05, 3.63) is 71.8 Å². The highest BCUT2D eigenvalue weighted by Gasteiger charge is 2.38. The Kier molecular flexibility index (Phi) is 15.9. The van der Waals surface area contributed by atoms with E-state index in [1.807, 2.05) is 66.9 Å². The number of nitrogens with one attached hydrogen (secondary N) is 2. The van der Waals surface area contributed by atoms with Crippen molar-refractivity contribution in [1.82, 2.24) is 10.6 Å². The second-order valence-corrected chi connectivity index (χ2v) is 13.3. The summed E-state index contributed by atoms with van der Waals surface area (Å²) in [5.74, 6) is -1.75. The Bertz CT molecular complexity index is 1170. The molecule has 3 atom stereocenters. The summed E-state index contributed by atoms with van der Waals surface area (Å²) in [7, 11) is 0. The Morgan fingerprint density at radius 3 is 2.09 bits per heavy atom. The molecular weight excluding hydrogens is 609 g/mol. The Hall–Kier alpha value is -2.83. The number of esters is 2. The fourth-order valence-electron chi connectivity index (χ4n) is 4.06. The molecule has 2 amide bonds. The van der Waals surface area contributed by atoms with Crippen LogP contribution in [0.2, 0.25) is 0 Å². The van der Waals surface area contributed by atoms with Gasteiger partial charge in [-0.3, -0.25) is 14.4 Å². The van der Waals surface area contributed by atoms with Crippen LogP contribution in [0.1, 0.15) is 44.7 Å². The van der Waals surface area contributed by atoms with Crippen molar-refractivity contribution in [2.24, 2.45) is 11.8 Å².